The van der Waals surface area contributed by atoms with Gasteiger partial charge in [-0.05, 0) is 44.6 Å². The van der Waals surface area contributed by atoms with E-state index in [1.54, 1.807) is 29.7 Å². The Hall–Kier alpha value is -2.32. The maximum atomic E-state index is 14.6. The van der Waals surface area contributed by atoms with E-state index in [2.05, 4.69) is 20.4 Å². The molecule has 3 aliphatic rings. The number of ether oxygens (including phenoxy) is 1. The third-order valence-electron chi connectivity index (χ3n) is 8.74. The van der Waals surface area contributed by atoms with E-state index >= 15 is 0 Å². The van der Waals surface area contributed by atoms with Crippen LogP contribution in [0, 0.1) is 17.8 Å². The van der Waals surface area contributed by atoms with E-state index in [1.807, 2.05) is 42.2 Å². The van der Waals surface area contributed by atoms with E-state index in [0.717, 1.165) is 24.8 Å². The first-order valence-electron chi connectivity index (χ1n) is 14.0. The fourth-order valence-electron chi connectivity index (χ4n) is 7.13. The fourth-order valence-corrected chi connectivity index (χ4v) is 9.52. The average Bonchev–Trinajstić information content (AvgIpc) is 3.50. The standard InChI is InChI=1S/C30H42N2O5S/c1-6-12-20(5)31(15-7-2)28(35)26-30-19(4)16-23(38-30)24(29(36)37-8-3)25(30)27(34)32(26)22(18-33)17-21-13-10-9-11-14-21/h7,9-11,13-14,19-20,22-26,33H,2,6,8,12,15-18H2,1,3-5H3/t19?,20?,22-,23+,24-,25+,26?,30?/m1/s1. The topological polar surface area (TPSA) is 87.2 Å². The van der Waals surface area contributed by atoms with Crippen LogP contribution in [-0.4, -0.2) is 80.6 Å². The molecule has 8 atom stereocenters. The Morgan fingerprint density at radius 1 is 1.32 bits per heavy atom. The van der Waals surface area contributed by atoms with Crippen LogP contribution >= 0.6 is 11.8 Å². The summed E-state index contributed by atoms with van der Waals surface area (Å²) >= 11 is 1.64. The van der Waals surface area contributed by atoms with Crippen LogP contribution < -0.4 is 0 Å². The van der Waals surface area contributed by atoms with Crippen molar-refractivity contribution >= 4 is 29.5 Å². The molecular formula is C30H42N2O5S. The molecule has 0 saturated carbocycles. The molecule has 8 heteroatoms. The normalized spacial score (nSPS) is 31.1. The number of esters is 1. The largest absolute Gasteiger partial charge is 0.466 e. The number of aliphatic hydroxyl groups excluding tert-OH is 1. The van der Waals surface area contributed by atoms with Gasteiger partial charge in [-0.2, -0.15) is 0 Å². The molecule has 4 rings (SSSR count). The smallest absolute Gasteiger partial charge is 0.310 e. The van der Waals surface area contributed by atoms with Crippen molar-refractivity contribution in [1.82, 2.24) is 9.80 Å². The Labute approximate surface area is 231 Å². The Kier molecular flexibility index (Phi) is 8.92. The predicted molar refractivity (Wildman–Crippen MR) is 149 cm³/mol. The summed E-state index contributed by atoms with van der Waals surface area (Å²) < 4.78 is 4.71. The minimum atomic E-state index is -0.774. The second kappa shape index (κ2) is 11.8. The molecular weight excluding hydrogens is 500 g/mol. The SMILES string of the molecule is C=CCN(C(=O)C1N([C@@H](CO)Cc2ccccc2)C(=O)[C@@H]2[C@H](C(=O)OCC)[C@@H]3CC(C)C12S3)C(C)CCC. The van der Waals surface area contributed by atoms with Crippen LogP contribution in [0.2, 0.25) is 0 Å². The van der Waals surface area contributed by atoms with Gasteiger partial charge in [0, 0.05) is 17.8 Å². The van der Waals surface area contributed by atoms with Gasteiger partial charge in [-0.25, -0.2) is 0 Å². The average molecular weight is 543 g/mol. The molecule has 1 aromatic carbocycles. The van der Waals surface area contributed by atoms with E-state index in [1.165, 1.54) is 0 Å². The Balaban J connectivity index is 1.82. The van der Waals surface area contributed by atoms with Gasteiger partial charge in [-0.3, -0.25) is 14.4 Å². The molecule has 7 nitrogen and oxygen atoms in total. The predicted octanol–water partition coefficient (Wildman–Crippen LogP) is 3.69. The van der Waals surface area contributed by atoms with Gasteiger partial charge in [-0.15, -0.1) is 18.3 Å². The summed E-state index contributed by atoms with van der Waals surface area (Å²) in [5.41, 5.74) is 0.981. The molecule has 3 saturated heterocycles. The van der Waals surface area contributed by atoms with Crippen LogP contribution in [0.15, 0.2) is 43.0 Å². The number of carbonyl (C=O) groups is 3. The Morgan fingerprint density at radius 2 is 2.03 bits per heavy atom. The summed E-state index contributed by atoms with van der Waals surface area (Å²) in [6, 6.07) is 8.34. The van der Waals surface area contributed by atoms with Crippen molar-refractivity contribution in [3.8, 4) is 0 Å². The van der Waals surface area contributed by atoms with Crippen LogP contribution in [0.4, 0.5) is 0 Å². The summed E-state index contributed by atoms with van der Waals surface area (Å²) in [4.78, 5) is 45.8. The monoisotopic (exact) mass is 542 g/mol. The summed E-state index contributed by atoms with van der Waals surface area (Å²) in [5.74, 6) is -1.85. The van der Waals surface area contributed by atoms with Crippen molar-refractivity contribution in [3.63, 3.8) is 0 Å². The zero-order valence-corrected chi connectivity index (χ0v) is 23.9. The number of fused-ring (bicyclic) bond motifs is 1. The van der Waals surface area contributed by atoms with Crippen molar-refractivity contribution in [2.45, 2.75) is 81.5 Å². The van der Waals surface area contributed by atoms with Gasteiger partial charge < -0.3 is 19.6 Å². The summed E-state index contributed by atoms with van der Waals surface area (Å²) in [6.07, 6.45) is 4.67. The van der Waals surface area contributed by atoms with Crippen LogP contribution in [0.25, 0.3) is 0 Å². The number of amides is 2. The number of thioether (sulfide) groups is 1. The first-order valence-corrected chi connectivity index (χ1v) is 14.9. The van der Waals surface area contributed by atoms with Gasteiger partial charge >= 0.3 is 5.97 Å². The molecule has 2 bridgehead atoms. The second-order valence-corrected chi connectivity index (χ2v) is 12.5. The molecule has 38 heavy (non-hydrogen) atoms. The molecule has 0 aliphatic carbocycles. The lowest BCUT2D eigenvalue weighted by atomic mass is 9.66. The molecule has 0 aromatic heterocycles. The highest BCUT2D eigenvalue weighted by atomic mass is 32.2. The first-order chi connectivity index (χ1) is 18.3. The molecule has 3 heterocycles. The molecule has 0 radical (unpaired) electrons. The molecule has 1 aromatic rings. The minimum absolute atomic E-state index is 0.0284. The van der Waals surface area contributed by atoms with E-state index < -0.39 is 28.7 Å². The number of carbonyl (C=O) groups excluding carboxylic acids is 3. The lowest BCUT2D eigenvalue weighted by Gasteiger charge is -2.43. The zero-order chi connectivity index (χ0) is 27.6. The second-order valence-electron chi connectivity index (χ2n) is 11.0. The van der Waals surface area contributed by atoms with Crippen molar-refractivity contribution in [3.05, 3.63) is 48.6 Å². The fraction of sp³-hybridized carbons (Fsp3) is 0.633. The number of nitrogens with zero attached hydrogens (tertiary/aromatic N) is 2. The maximum Gasteiger partial charge on any atom is 0.310 e. The number of likely N-dealkylation sites (tertiary alicyclic amines) is 1. The lowest BCUT2D eigenvalue weighted by molar-refractivity contribution is -0.154. The van der Waals surface area contributed by atoms with Gasteiger partial charge in [0.2, 0.25) is 11.8 Å². The maximum absolute atomic E-state index is 14.6. The summed E-state index contributed by atoms with van der Waals surface area (Å²) in [6.45, 7) is 12.3. The van der Waals surface area contributed by atoms with Crippen molar-refractivity contribution in [2.24, 2.45) is 17.8 Å². The van der Waals surface area contributed by atoms with Gasteiger partial charge in [-0.1, -0.05) is 56.7 Å². The lowest BCUT2D eigenvalue weighted by Crippen LogP contribution is -2.60. The van der Waals surface area contributed by atoms with E-state index in [4.69, 9.17) is 4.74 Å². The minimum Gasteiger partial charge on any atom is -0.466 e. The molecule has 1 N–H and O–H groups in total. The van der Waals surface area contributed by atoms with Gasteiger partial charge in [0.05, 0.1) is 35.8 Å². The van der Waals surface area contributed by atoms with E-state index in [9.17, 15) is 19.5 Å². The molecule has 4 unspecified atom stereocenters. The Morgan fingerprint density at radius 3 is 2.63 bits per heavy atom. The number of hydrogen-bond acceptors (Lipinski definition) is 6. The van der Waals surface area contributed by atoms with Crippen molar-refractivity contribution in [1.29, 1.82) is 0 Å². The van der Waals surface area contributed by atoms with Gasteiger partial charge in [0.25, 0.3) is 0 Å². The third kappa shape index (κ3) is 4.68. The van der Waals surface area contributed by atoms with Crippen molar-refractivity contribution < 1.29 is 24.2 Å². The molecule has 208 valence electrons. The van der Waals surface area contributed by atoms with Crippen LogP contribution in [-0.2, 0) is 25.5 Å². The van der Waals surface area contributed by atoms with E-state index in [-0.39, 0.29) is 48.2 Å². The molecule has 1 spiro atoms. The first kappa shape index (κ1) is 28.7. The molecule has 3 fully saturated rings. The quantitative estimate of drug-likeness (QED) is 0.320. The van der Waals surface area contributed by atoms with Gasteiger partial charge in [0.1, 0.15) is 6.04 Å². The molecule has 2 amide bonds. The van der Waals surface area contributed by atoms with Gasteiger partial charge in [0.15, 0.2) is 0 Å². The highest BCUT2D eigenvalue weighted by molar-refractivity contribution is 8.02. The van der Waals surface area contributed by atoms with Crippen molar-refractivity contribution in [2.75, 3.05) is 19.8 Å². The summed E-state index contributed by atoms with van der Waals surface area (Å²) in [7, 11) is 0. The molecule has 3 aliphatic heterocycles. The van der Waals surface area contributed by atoms with Crippen LogP contribution in [0.3, 0.4) is 0 Å². The number of aliphatic hydroxyl groups is 1. The third-order valence-corrected chi connectivity index (χ3v) is 10.8. The number of rotatable bonds is 12. The summed E-state index contributed by atoms with van der Waals surface area (Å²) in [5, 5.41) is 10.6. The van der Waals surface area contributed by atoms with Crippen LogP contribution in [0.5, 0.6) is 0 Å². The highest BCUT2D eigenvalue weighted by Gasteiger charge is 2.77. The van der Waals surface area contributed by atoms with Crippen LogP contribution in [0.1, 0.15) is 52.5 Å². The Bertz CT molecular complexity index is 1030. The number of benzene rings is 1. The number of hydrogen-bond donors (Lipinski definition) is 1. The zero-order valence-electron chi connectivity index (χ0n) is 23.0. The van der Waals surface area contributed by atoms with E-state index in [0.29, 0.717) is 13.0 Å². The highest BCUT2D eigenvalue weighted by Crippen LogP contribution is 2.69.